The summed E-state index contributed by atoms with van der Waals surface area (Å²) < 4.78 is 27.6. The summed E-state index contributed by atoms with van der Waals surface area (Å²) in [7, 11) is -3.61. The fraction of sp³-hybridized carbons (Fsp3) is 0.450. The predicted octanol–water partition coefficient (Wildman–Crippen LogP) is 1.40. The Labute approximate surface area is 171 Å². The minimum Gasteiger partial charge on any atom is -0.354 e. The summed E-state index contributed by atoms with van der Waals surface area (Å²) in [6, 6.07) is 7.08. The van der Waals surface area contributed by atoms with Crippen LogP contribution in [0.4, 0.5) is 5.95 Å². The molecular formula is C20H27N5O3S. The molecule has 1 saturated heterocycles. The van der Waals surface area contributed by atoms with Crippen molar-refractivity contribution in [2.45, 2.75) is 31.6 Å². The molecule has 1 aromatic carbocycles. The van der Waals surface area contributed by atoms with E-state index in [0.29, 0.717) is 18.1 Å². The minimum absolute atomic E-state index is 0.0726. The molecule has 1 amide bonds. The van der Waals surface area contributed by atoms with Crippen molar-refractivity contribution in [2.75, 3.05) is 31.1 Å². The monoisotopic (exact) mass is 417 g/mol. The van der Waals surface area contributed by atoms with Crippen LogP contribution in [-0.2, 0) is 14.8 Å². The molecule has 0 saturated carbocycles. The van der Waals surface area contributed by atoms with Crippen molar-refractivity contribution in [1.82, 2.24) is 20.0 Å². The van der Waals surface area contributed by atoms with Crippen LogP contribution in [0.15, 0.2) is 41.6 Å². The van der Waals surface area contributed by atoms with Crippen LogP contribution in [0, 0.1) is 19.8 Å². The molecule has 29 heavy (non-hydrogen) atoms. The SMILES string of the molecule is Cc1ccc(C)c(S(=O)(=O)NCCNC(=O)C2CCCN(c3ncccn3)C2)c1. The topological polar surface area (TPSA) is 104 Å². The Balaban J connectivity index is 1.49. The molecule has 1 fully saturated rings. The third kappa shape index (κ3) is 5.51. The molecule has 8 nitrogen and oxygen atoms in total. The van der Waals surface area contributed by atoms with Crippen LogP contribution >= 0.6 is 0 Å². The van der Waals surface area contributed by atoms with Crippen LogP contribution in [0.3, 0.4) is 0 Å². The van der Waals surface area contributed by atoms with Crippen LogP contribution in [0.5, 0.6) is 0 Å². The molecule has 3 rings (SSSR count). The van der Waals surface area contributed by atoms with E-state index in [9.17, 15) is 13.2 Å². The first-order valence-corrected chi connectivity index (χ1v) is 11.2. The largest absolute Gasteiger partial charge is 0.354 e. The van der Waals surface area contributed by atoms with E-state index >= 15 is 0 Å². The lowest BCUT2D eigenvalue weighted by Gasteiger charge is -2.31. The maximum absolute atomic E-state index is 12.5. The number of hydrogen-bond donors (Lipinski definition) is 2. The van der Waals surface area contributed by atoms with Crippen LogP contribution in [0.25, 0.3) is 0 Å². The van der Waals surface area contributed by atoms with Crippen molar-refractivity contribution in [1.29, 1.82) is 0 Å². The molecule has 1 aliphatic heterocycles. The molecule has 0 aliphatic carbocycles. The van der Waals surface area contributed by atoms with E-state index in [1.807, 2.05) is 17.9 Å². The van der Waals surface area contributed by atoms with Gasteiger partial charge in [-0.1, -0.05) is 12.1 Å². The molecular weight excluding hydrogens is 390 g/mol. The Kier molecular flexibility index (Phi) is 6.81. The first-order chi connectivity index (χ1) is 13.9. The van der Waals surface area contributed by atoms with Gasteiger partial charge >= 0.3 is 0 Å². The average Bonchev–Trinajstić information content (AvgIpc) is 2.73. The average molecular weight is 418 g/mol. The molecule has 2 N–H and O–H groups in total. The van der Waals surface area contributed by atoms with E-state index < -0.39 is 10.0 Å². The quantitative estimate of drug-likeness (QED) is 0.660. The second-order valence-electron chi connectivity index (χ2n) is 7.29. The van der Waals surface area contributed by atoms with Gasteiger partial charge < -0.3 is 10.2 Å². The second kappa shape index (κ2) is 9.32. The highest BCUT2D eigenvalue weighted by atomic mass is 32.2. The van der Waals surface area contributed by atoms with E-state index in [2.05, 4.69) is 20.0 Å². The summed E-state index contributed by atoms with van der Waals surface area (Å²) in [6.07, 6.45) is 5.06. The maximum atomic E-state index is 12.5. The van der Waals surface area contributed by atoms with Gasteiger partial charge in [0.05, 0.1) is 10.8 Å². The Morgan fingerprint density at radius 3 is 2.72 bits per heavy atom. The molecule has 0 bridgehead atoms. The number of nitrogens with one attached hydrogen (secondary N) is 2. The van der Waals surface area contributed by atoms with Crippen LogP contribution in [-0.4, -0.2) is 50.5 Å². The Morgan fingerprint density at radius 1 is 1.21 bits per heavy atom. The summed E-state index contributed by atoms with van der Waals surface area (Å²) in [6.45, 7) is 5.38. The maximum Gasteiger partial charge on any atom is 0.240 e. The number of piperidine rings is 1. The first-order valence-electron chi connectivity index (χ1n) is 9.73. The van der Waals surface area contributed by atoms with Gasteiger partial charge in [-0.2, -0.15) is 0 Å². The van der Waals surface area contributed by atoms with E-state index in [0.717, 1.165) is 24.9 Å². The predicted molar refractivity (Wildman–Crippen MR) is 111 cm³/mol. The summed E-state index contributed by atoms with van der Waals surface area (Å²) >= 11 is 0. The van der Waals surface area contributed by atoms with Crippen molar-refractivity contribution >= 4 is 21.9 Å². The van der Waals surface area contributed by atoms with E-state index in [1.165, 1.54) is 0 Å². The highest BCUT2D eigenvalue weighted by Gasteiger charge is 2.27. The van der Waals surface area contributed by atoms with Crippen molar-refractivity contribution in [3.8, 4) is 0 Å². The van der Waals surface area contributed by atoms with Gasteiger partial charge in [0.2, 0.25) is 21.9 Å². The van der Waals surface area contributed by atoms with Gasteiger partial charge in [0, 0.05) is 38.6 Å². The normalized spacial score (nSPS) is 17.2. The van der Waals surface area contributed by atoms with Gasteiger partial charge in [0.25, 0.3) is 0 Å². The number of hydrogen-bond acceptors (Lipinski definition) is 6. The molecule has 0 spiro atoms. The number of benzene rings is 1. The molecule has 1 atom stereocenters. The zero-order chi connectivity index (χ0) is 20.9. The molecule has 156 valence electrons. The third-order valence-electron chi connectivity index (χ3n) is 4.98. The lowest BCUT2D eigenvalue weighted by molar-refractivity contribution is -0.125. The number of nitrogens with zero attached hydrogens (tertiary/aromatic N) is 3. The van der Waals surface area contributed by atoms with E-state index in [4.69, 9.17) is 0 Å². The Hall–Kier alpha value is -2.52. The fourth-order valence-corrected chi connectivity index (χ4v) is 4.78. The van der Waals surface area contributed by atoms with Crippen LogP contribution in [0.1, 0.15) is 24.0 Å². The van der Waals surface area contributed by atoms with E-state index in [1.54, 1.807) is 37.5 Å². The molecule has 2 aromatic rings. The van der Waals surface area contributed by atoms with Crippen molar-refractivity contribution < 1.29 is 13.2 Å². The zero-order valence-electron chi connectivity index (χ0n) is 16.8. The molecule has 1 aliphatic rings. The number of amides is 1. The first kappa shape index (κ1) is 21.2. The van der Waals surface area contributed by atoms with Gasteiger partial charge in [-0.25, -0.2) is 23.1 Å². The number of carbonyl (C=O) groups is 1. The molecule has 2 heterocycles. The number of aromatic nitrogens is 2. The summed E-state index contributed by atoms with van der Waals surface area (Å²) in [5, 5.41) is 2.84. The number of aryl methyl sites for hydroxylation is 2. The smallest absolute Gasteiger partial charge is 0.240 e. The van der Waals surface area contributed by atoms with Crippen LogP contribution in [0.2, 0.25) is 0 Å². The minimum atomic E-state index is -3.61. The molecule has 1 unspecified atom stereocenters. The number of anilines is 1. The van der Waals surface area contributed by atoms with Gasteiger partial charge in [0.15, 0.2) is 0 Å². The van der Waals surface area contributed by atoms with Crippen LogP contribution < -0.4 is 14.9 Å². The summed E-state index contributed by atoms with van der Waals surface area (Å²) in [4.78, 5) is 23.3. The summed E-state index contributed by atoms with van der Waals surface area (Å²) in [5.41, 5.74) is 1.58. The Bertz CT molecular complexity index is 950. The van der Waals surface area contributed by atoms with Crippen molar-refractivity contribution in [2.24, 2.45) is 5.92 Å². The molecule has 0 radical (unpaired) electrons. The second-order valence-corrected chi connectivity index (χ2v) is 9.03. The van der Waals surface area contributed by atoms with Crippen molar-refractivity contribution in [3.63, 3.8) is 0 Å². The highest BCUT2D eigenvalue weighted by Crippen LogP contribution is 2.20. The van der Waals surface area contributed by atoms with Crippen molar-refractivity contribution in [3.05, 3.63) is 47.8 Å². The van der Waals surface area contributed by atoms with Gasteiger partial charge in [-0.15, -0.1) is 0 Å². The molecule has 1 aromatic heterocycles. The summed E-state index contributed by atoms with van der Waals surface area (Å²) in [5.74, 6) is 0.394. The van der Waals surface area contributed by atoms with Gasteiger partial charge in [0.1, 0.15) is 0 Å². The lowest BCUT2D eigenvalue weighted by Crippen LogP contribution is -2.45. The lowest BCUT2D eigenvalue weighted by atomic mass is 9.97. The number of rotatable bonds is 7. The number of sulfonamides is 1. The third-order valence-corrected chi connectivity index (χ3v) is 6.58. The fourth-order valence-electron chi connectivity index (χ4n) is 3.42. The highest BCUT2D eigenvalue weighted by molar-refractivity contribution is 7.89. The Morgan fingerprint density at radius 2 is 1.97 bits per heavy atom. The van der Waals surface area contributed by atoms with Gasteiger partial charge in [-0.05, 0) is 49.9 Å². The van der Waals surface area contributed by atoms with E-state index in [-0.39, 0.29) is 29.8 Å². The van der Waals surface area contributed by atoms with Gasteiger partial charge in [-0.3, -0.25) is 4.79 Å². The standard InChI is InChI=1S/C20H27N5O3S/c1-15-6-7-16(2)18(13-15)29(27,28)24-11-10-21-19(26)17-5-3-12-25(14-17)20-22-8-4-9-23-20/h4,6-9,13,17,24H,3,5,10-12,14H2,1-2H3,(H,21,26). The number of carbonyl (C=O) groups excluding carboxylic acids is 1. The zero-order valence-corrected chi connectivity index (χ0v) is 17.6. The molecule has 9 heteroatoms.